The highest BCUT2D eigenvalue weighted by Gasteiger charge is 2.36. The van der Waals surface area contributed by atoms with Crippen LogP contribution in [0.1, 0.15) is 42.9 Å². The molecule has 1 heterocycles. The lowest BCUT2D eigenvalue weighted by Gasteiger charge is -2.29. The zero-order valence-electron chi connectivity index (χ0n) is 19.6. The van der Waals surface area contributed by atoms with Crippen molar-refractivity contribution in [2.75, 3.05) is 23.7 Å². The largest absolute Gasteiger partial charge is 0.417 e. The minimum Gasteiger partial charge on any atom is -0.350 e. The Morgan fingerprint density at radius 2 is 1.69 bits per heavy atom. The number of hydrogen-bond donors (Lipinski definition) is 1. The van der Waals surface area contributed by atoms with Crippen molar-refractivity contribution in [3.05, 3.63) is 64.2 Å². The van der Waals surface area contributed by atoms with Crippen LogP contribution in [0.25, 0.3) is 0 Å². The van der Waals surface area contributed by atoms with Crippen LogP contribution >= 0.6 is 11.6 Å². The van der Waals surface area contributed by atoms with Crippen molar-refractivity contribution >= 4 is 33.2 Å². The van der Waals surface area contributed by atoms with Crippen LogP contribution in [0.2, 0.25) is 5.02 Å². The molecular weight excluding hydrogens is 503 g/mol. The molecule has 0 aliphatic carbocycles. The number of likely N-dealkylation sites (tertiary alicyclic amines) is 1. The number of piperidine rings is 1. The predicted octanol–water partition coefficient (Wildman–Crippen LogP) is 4.82. The molecule has 0 radical (unpaired) electrons. The molecule has 11 heteroatoms. The first kappa shape index (κ1) is 27.3. The molecule has 0 saturated carbocycles. The molecule has 0 unspecified atom stereocenters. The molecular formula is C24H29ClF3N3O3S. The second-order valence-electron chi connectivity index (χ2n) is 8.77. The Bertz CT molecular complexity index is 1130. The number of hydrogen-bond acceptors (Lipinski definition) is 4. The maximum atomic E-state index is 13.3. The summed E-state index contributed by atoms with van der Waals surface area (Å²) in [6, 6.07) is 9.24. The van der Waals surface area contributed by atoms with E-state index in [1.807, 2.05) is 24.3 Å². The zero-order valence-corrected chi connectivity index (χ0v) is 21.2. The topological polar surface area (TPSA) is 69.7 Å². The minimum absolute atomic E-state index is 0.152. The van der Waals surface area contributed by atoms with Gasteiger partial charge in [-0.25, -0.2) is 8.42 Å². The van der Waals surface area contributed by atoms with Gasteiger partial charge in [0.25, 0.3) is 0 Å². The number of anilines is 1. The van der Waals surface area contributed by atoms with Gasteiger partial charge in [-0.05, 0) is 62.2 Å². The SMILES string of the molecule is C[C@H](C(=O)NCc1ccc(CN2CCCCC2)cc1)N(c1ccc(Cl)c(C(F)(F)F)c1)S(C)(=O)=O. The molecule has 192 valence electrons. The molecule has 2 aromatic rings. The molecule has 1 aliphatic heterocycles. The normalized spacial score (nSPS) is 16.1. The summed E-state index contributed by atoms with van der Waals surface area (Å²) in [4.78, 5) is 15.2. The Balaban J connectivity index is 1.68. The first-order valence-corrected chi connectivity index (χ1v) is 13.5. The van der Waals surface area contributed by atoms with Gasteiger partial charge in [0.05, 0.1) is 22.5 Å². The van der Waals surface area contributed by atoms with E-state index in [1.165, 1.54) is 31.7 Å². The van der Waals surface area contributed by atoms with Gasteiger partial charge in [-0.15, -0.1) is 0 Å². The lowest BCUT2D eigenvalue weighted by atomic mass is 10.1. The number of sulfonamides is 1. The Morgan fingerprint density at radius 1 is 1.09 bits per heavy atom. The molecule has 1 amide bonds. The lowest BCUT2D eigenvalue weighted by Crippen LogP contribution is -2.47. The van der Waals surface area contributed by atoms with E-state index >= 15 is 0 Å². The average Bonchev–Trinajstić information content (AvgIpc) is 2.78. The molecule has 3 rings (SSSR count). The molecule has 6 nitrogen and oxygen atoms in total. The molecule has 0 bridgehead atoms. The third-order valence-electron chi connectivity index (χ3n) is 5.94. The summed E-state index contributed by atoms with van der Waals surface area (Å²) < 4.78 is 65.4. The highest BCUT2D eigenvalue weighted by Crippen LogP contribution is 2.37. The van der Waals surface area contributed by atoms with Gasteiger partial charge in [0.2, 0.25) is 15.9 Å². The standard InChI is InChI=1S/C24H29ClF3N3O3S/c1-17(31(35(2,33)34)20-10-11-22(25)21(14-20)24(26,27)28)23(32)29-15-18-6-8-19(9-7-18)16-30-12-4-3-5-13-30/h6-11,14,17H,3-5,12-13,15-16H2,1-2H3,(H,29,32)/t17-/m1/s1. The average molecular weight is 532 g/mol. The Labute approximate surface area is 209 Å². The van der Waals surface area contributed by atoms with Crippen molar-refractivity contribution in [3.63, 3.8) is 0 Å². The number of nitrogens with zero attached hydrogens (tertiary/aromatic N) is 2. The predicted molar refractivity (Wildman–Crippen MR) is 131 cm³/mol. The highest BCUT2D eigenvalue weighted by molar-refractivity contribution is 7.92. The van der Waals surface area contributed by atoms with Gasteiger partial charge in [-0.2, -0.15) is 13.2 Å². The summed E-state index contributed by atoms with van der Waals surface area (Å²) in [7, 11) is -4.08. The minimum atomic E-state index is -4.78. The van der Waals surface area contributed by atoms with Crippen LogP contribution in [0, 0.1) is 0 Å². The number of halogens is 4. The van der Waals surface area contributed by atoms with Crippen LogP contribution in [-0.4, -0.2) is 44.6 Å². The van der Waals surface area contributed by atoms with Crippen LogP contribution in [0.5, 0.6) is 0 Å². The third kappa shape index (κ3) is 7.35. The molecule has 1 saturated heterocycles. The van der Waals surface area contributed by atoms with Crippen LogP contribution in [-0.2, 0) is 34.1 Å². The smallest absolute Gasteiger partial charge is 0.350 e. The van der Waals surface area contributed by atoms with Crippen molar-refractivity contribution in [1.82, 2.24) is 10.2 Å². The number of benzene rings is 2. The van der Waals surface area contributed by atoms with E-state index in [0.29, 0.717) is 10.4 Å². The summed E-state index contributed by atoms with van der Waals surface area (Å²) in [5, 5.41) is 2.11. The Kier molecular flexibility index (Phi) is 8.72. The fraction of sp³-hybridized carbons (Fsp3) is 0.458. The molecule has 1 aliphatic rings. The number of alkyl halides is 3. The second-order valence-corrected chi connectivity index (χ2v) is 11.0. The van der Waals surface area contributed by atoms with Gasteiger partial charge in [-0.3, -0.25) is 14.0 Å². The summed E-state index contributed by atoms with van der Waals surface area (Å²) in [5.74, 6) is -0.642. The van der Waals surface area contributed by atoms with Gasteiger partial charge in [-0.1, -0.05) is 42.3 Å². The van der Waals surface area contributed by atoms with E-state index in [2.05, 4.69) is 10.2 Å². The zero-order chi connectivity index (χ0) is 25.8. The van der Waals surface area contributed by atoms with Gasteiger partial charge < -0.3 is 5.32 Å². The number of amides is 1. The molecule has 1 atom stereocenters. The summed E-state index contributed by atoms with van der Waals surface area (Å²) >= 11 is 5.66. The Hall–Kier alpha value is -2.30. The number of nitrogens with one attached hydrogen (secondary N) is 1. The maximum Gasteiger partial charge on any atom is 0.417 e. The lowest BCUT2D eigenvalue weighted by molar-refractivity contribution is -0.137. The van der Waals surface area contributed by atoms with Gasteiger partial charge >= 0.3 is 6.18 Å². The summed E-state index contributed by atoms with van der Waals surface area (Å²) in [6.45, 7) is 4.52. The van der Waals surface area contributed by atoms with Crippen LogP contribution in [0.15, 0.2) is 42.5 Å². The van der Waals surface area contributed by atoms with Crippen LogP contribution < -0.4 is 9.62 Å². The molecule has 1 fully saturated rings. The molecule has 0 aromatic heterocycles. The van der Waals surface area contributed by atoms with Crippen molar-refractivity contribution in [2.24, 2.45) is 0 Å². The van der Waals surface area contributed by atoms with Crippen molar-refractivity contribution in [3.8, 4) is 0 Å². The van der Waals surface area contributed by atoms with Crippen LogP contribution in [0.3, 0.4) is 0 Å². The number of carbonyl (C=O) groups is 1. The monoisotopic (exact) mass is 531 g/mol. The first-order valence-electron chi connectivity index (χ1n) is 11.3. The quantitative estimate of drug-likeness (QED) is 0.530. The summed E-state index contributed by atoms with van der Waals surface area (Å²) in [5.41, 5.74) is 0.517. The van der Waals surface area contributed by atoms with E-state index in [0.717, 1.165) is 43.6 Å². The molecule has 1 N–H and O–H groups in total. The van der Waals surface area contributed by atoms with Crippen molar-refractivity contribution < 1.29 is 26.4 Å². The van der Waals surface area contributed by atoms with E-state index in [-0.39, 0.29) is 12.2 Å². The number of rotatable bonds is 8. The van der Waals surface area contributed by atoms with Gasteiger partial charge in [0.15, 0.2) is 0 Å². The van der Waals surface area contributed by atoms with E-state index < -0.39 is 38.7 Å². The van der Waals surface area contributed by atoms with E-state index in [1.54, 1.807) is 0 Å². The number of carbonyl (C=O) groups excluding carboxylic acids is 1. The summed E-state index contributed by atoms with van der Waals surface area (Å²) in [6.07, 6.45) is -0.256. The van der Waals surface area contributed by atoms with Crippen molar-refractivity contribution in [2.45, 2.75) is 51.5 Å². The third-order valence-corrected chi connectivity index (χ3v) is 7.51. The fourth-order valence-corrected chi connectivity index (χ4v) is 5.54. The van der Waals surface area contributed by atoms with Gasteiger partial charge in [0.1, 0.15) is 6.04 Å². The highest BCUT2D eigenvalue weighted by atomic mass is 35.5. The second kappa shape index (κ2) is 11.2. The Morgan fingerprint density at radius 3 is 2.26 bits per heavy atom. The van der Waals surface area contributed by atoms with E-state index in [9.17, 15) is 26.4 Å². The first-order chi connectivity index (χ1) is 16.4. The van der Waals surface area contributed by atoms with Crippen LogP contribution in [0.4, 0.5) is 18.9 Å². The maximum absolute atomic E-state index is 13.3. The van der Waals surface area contributed by atoms with Crippen molar-refractivity contribution in [1.29, 1.82) is 0 Å². The van der Waals surface area contributed by atoms with E-state index in [4.69, 9.17) is 11.6 Å². The molecule has 35 heavy (non-hydrogen) atoms. The molecule has 2 aromatic carbocycles. The molecule has 0 spiro atoms. The fourth-order valence-electron chi connectivity index (χ4n) is 4.15. The van der Waals surface area contributed by atoms with Gasteiger partial charge in [0, 0.05) is 13.1 Å².